The lowest BCUT2D eigenvalue weighted by Crippen LogP contribution is -2.31. The Bertz CT molecular complexity index is 513. The summed E-state index contributed by atoms with van der Waals surface area (Å²) in [6.45, 7) is 3.72. The minimum Gasteiger partial charge on any atom is -0.462 e. The van der Waals surface area contributed by atoms with Gasteiger partial charge in [0, 0.05) is 25.6 Å². The zero-order chi connectivity index (χ0) is 15.8. The number of rotatable bonds is 7. The quantitative estimate of drug-likeness (QED) is 0.573. The van der Waals surface area contributed by atoms with Crippen LogP contribution in [0, 0.1) is 0 Å². The van der Waals surface area contributed by atoms with Crippen molar-refractivity contribution in [2.75, 3.05) is 23.9 Å². The van der Waals surface area contributed by atoms with E-state index in [0.29, 0.717) is 17.9 Å². The van der Waals surface area contributed by atoms with Crippen LogP contribution in [0.4, 0.5) is 5.69 Å². The number of carbonyl (C=O) groups is 3. The molecule has 0 saturated carbocycles. The average molecular weight is 312 g/mol. The Labute approximate surface area is 128 Å². The molecule has 0 aromatic heterocycles. The zero-order valence-corrected chi connectivity index (χ0v) is 12.9. The van der Waals surface area contributed by atoms with Gasteiger partial charge in [-0.05, 0) is 31.2 Å². The molecule has 0 spiro atoms. The third-order valence-electron chi connectivity index (χ3n) is 2.83. The predicted molar refractivity (Wildman–Crippen MR) is 80.8 cm³/mol. The van der Waals surface area contributed by atoms with Gasteiger partial charge in [0.1, 0.15) is 5.78 Å². The van der Waals surface area contributed by atoms with Crippen LogP contribution in [0.3, 0.4) is 0 Å². The molecule has 0 unspecified atom stereocenters. The smallest absolute Gasteiger partial charge is 0.338 e. The number of anilines is 1. The predicted octanol–water partition coefficient (Wildman–Crippen LogP) is 2.41. The summed E-state index contributed by atoms with van der Waals surface area (Å²) < 4.78 is 4.89. The van der Waals surface area contributed by atoms with E-state index in [1.165, 1.54) is 11.8 Å². The highest BCUT2D eigenvalue weighted by Gasteiger charge is 2.14. The topological polar surface area (TPSA) is 63.7 Å². The lowest BCUT2D eigenvalue weighted by molar-refractivity contribution is -0.117. The van der Waals surface area contributed by atoms with E-state index in [1.54, 1.807) is 31.2 Å². The van der Waals surface area contributed by atoms with Crippen molar-refractivity contribution >= 4 is 34.9 Å². The molecule has 0 saturated heterocycles. The fourth-order valence-corrected chi connectivity index (χ4v) is 1.90. The molecule has 5 nitrogen and oxygen atoms in total. The van der Waals surface area contributed by atoms with E-state index in [2.05, 4.69) is 0 Å². The van der Waals surface area contributed by atoms with Crippen molar-refractivity contribution in [3.05, 3.63) is 29.8 Å². The molecule has 0 aliphatic carbocycles. The Morgan fingerprint density at radius 3 is 2.29 bits per heavy atom. The Hall–Kier alpha value is -1.88. The monoisotopic (exact) mass is 311 g/mol. The zero-order valence-electron chi connectivity index (χ0n) is 12.1. The van der Waals surface area contributed by atoms with E-state index in [0.717, 1.165) is 0 Å². The van der Waals surface area contributed by atoms with Crippen molar-refractivity contribution in [1.82, 2.24) is 0 Å². The Balaban J connectivity index is 2.82. The van der Waals surface area contributed by atoms with E-state index in [4.69, 9.17) is 16.3 Å². The van der Waals surface area contributed by atoms with E-state index < -0.39 is 5.97 Å². The molecule has 0 aliphatic rings. The molecule has 0 radical (unpaired) electrons. The number of ether oxygens (including phenoxy) is 1. The summed E-state index contributed by atoms with van der Waals surface area (Å²) >= 11 is 5.44. The standard InChI is InChI=1S/C15H18ClNO4/c1-3-21-15(20)12-4-6-13(7-5-12)17(11(2)18)9-8-14(19)10-16/h4-7H,3,8-10H2,1-2H3. The number of esters is 1. The van der Waals surface area contributed by atoms with Crippen molar-refractivity contribution in [2.45, 2.75) is 20.3 Å². The van der Waals surface area contributed by atoms with Gasteiger partial charge in [-0.2, -0.15) is 0 Å². The molecule has 0 aliphatic heterocycles. The fraction of sp³-hybridized carbons (Fsp3) is 0.400. The second kappa shape index (κ2) is 8.42. The first-order valence-corrected chi connectivity index (χ1v) is 7.16. The van der Waals surface area contributed by atoms with Gasteiger partial charge in [0.25, 0.3) is 0 Å². The summed E-state index contributed by atoms with van der Waals surface area (Å²) in [6.07, 6.45) is 0.197. The average Bonchev–Trinajstić information content (AvgIpc) is 2.47. The maximum absolute atomic E-state index is 11.7. The number of alkyl halides is 1. The van der Waals surface area contributed by atoms with Crippen molar-refractivity contribution in [3.8, 4) is 0 Å². The molecule has 1 aromatic rings. The summed E-state index contributed by atoms with van der Waals surface area (Å²) in [5.41, 5.74) is 1.04. The highest BCUT2D eigenvalue weighted by molar-refractivity contribution is 6.27. The van der Waals surface area contributed by atoms with E-state index >= 15 is 0 Å². The fourth-order valence-electron chi connectivity index (χ4n) is 1.76. The second-order valence-electron chi connectivity index (χ2n) is 4.36. The van der Waals surface area contributed by atoms with Crippen LogP contribution < -0.4 is 4.90 Å². The Morgan fingerprint density at radius 2 is 1.81 bits per heavy atom. The Kier molecular flexibility index (Phi) is 6.88. The molecule has 1 aromatic carbocycles. The number of Topliss-reactive ketones (excluding diaryl/α,β-unsaturated/α-hetero) is 1. The number of benzene rings is 1. The largest absolute Gasteiger partial charge is 0.462 e. The maximum Gasteiger partial charge on any atom is 0.338 e. The molecule has 0 N–H and O–H groups in total. The normalized spacial score (nSPS) is 10.0. The van der Waals surface area contributed by atoms with Crippen molar-refractivity contribution < 1.29 is 19.1 Å². The highest BCUT2D eigenvalue weighted by Crippen LogP contribution is 2.17. The van der Waals surface area contributed by atoms with Crippen LogP contribution in [0.2, 0.25) is 0 Å². The Morgan fingerprint density at radius 1 is 1.19 bits per heavy atom. The molecule has 21 heavy (non-hydrogen) atoms. The second-order valence-corrected chi connectivity index (χ2v) is 4.63. The third kappa shape index (κ3) is 5.19. The summed E-state index contributed by atoms with van der Waals surface area (Å²) in [4.78, 5) is 35.9. The van der Waals surface area contributed by atoms with Crippen molar-refractivity contribution in [2.24, 2.45) is 0 Å². The molecule has 1 amide bonds. The number of ketones is 1. The minimum atomic E-state index is -0.407. The van der Waals surface area contributed by atoms with E-state index in [1.807, 2.05) is 0 Å². The summed E-state index contributed by atoms with van der Waals surface area (Å²) in [6, 6.07) is 6.48. The molecule has 0 heterocycles. The molecule has 114 valence electrons. The van der Waals surface area contributed by atoms with Gasteiger partial charge in [0.15, 0.2) is 0 Å². The van der Waals surface area contributed by atoms with Crippen molar-refractivity contribution in [1.29, 1.82) is 0 Å². The molecule has 6 heteroatoms. The maximum atomic E-state index is 11.7. The number of amides is 1. The lowest BCUT2D eigenvalue weighted by Gasteiger charge is -2.21. The van der Waals surface area contributed by atoms with E-state index in [9.17, 15) is 14.4 Å². The first-order chi connectivity index (χ1) is 9.99. The van der Waals surface area contributed by atoms with Gasteiger partial charge in [0.05, 0.1) is 18.1 Å². The minimum absolute atomic E-state index is 0.0620. The molecule has 1 rings (SSSR count). The van der Waals surface area contributed by atoms with Crippen LogP contribution in [0.5, 0.6) is 0 Å². The summed E-state index contributed by atoms with van der Waals surface area (Å²) in [5, 5.41) is 0. The molecular formula is C15H18ClNO4. The number of carbonyl (C=O) groups excluding carboxylic acids is 3. The van der Waals surface area contributed by atoms with Crippen LogP contribution >= 0.6 is 11.6 Å². The number of hydrogen-bond acceptors (Lipinski definition) is 4. The van der Waals surface area contributed by atoms with E-state index in [-0.39, 0.29) is 30.5 Å². The van der Waals surface area contributed by atoms with Gasteiger partial charge >= 0.3 is 5.97 Å². The van der Waals surface area contributed by atoms with Gasteiger partial charge in [0.2, 0.25) is 5.91 Å². The first-order valence-electron chi connectivity index (χ1n) is 6.62. The van der Waals surface area contributed by atoms with Gasteiger partial charge in [-0.1, -0.05) is 0 Å². The summed E-state index contributed by atoms with van der Waals surface area (Å²) in [7, 11) is 0. The number of nitrogens with zero attached hydrogens (tertiary/aromatic N) is 1. The third-order valence-corrected chi connectivity index (χ3v) is 3.13. The van der Waals surface area contributed by atoms with Gasteiger partial charge < -0.3 is 9.64 Å². The molecule has 0 bridgehead atoms. The van der Waals surface area contributed by atoms with Crippen LogP contribution in [0.25, 0.3) is 0 Å². The van der Waals surface area contributed by atoms with Gasteiger partial charge in [-0.25, -0.2) is 4.79 Å². The van der Waals surface area contributed by atoms with Crippen LogP contribution in [-0.2, 0) is 14.3 Å². The first kappa shape index (κ1) is 17.2. The van der Waals surface area contributed by atoms with Gasteiger partial charge in [-0.3, -0.25) is 9.59 Å². The number of halogens is 1. The number of hydrogen-bond donors (Lipinski definition) is 0. The van der Waals surface area contributed by atoms with Crippen LogP contribution in [0.1, 0.15) is 30.6 Å². The molecular weight excluding hydrogens is 294 g/mol. The van der Waals surface area contributed by atoms with Gasteiger partial charge in [-0.15, -0.1) is 11.6 Å². The lowest BCUT2D eigenvalue weighted by atomic mass is 10.2. The highest BCUT2D eigenvalue weighted by atomic mass is 35.5. The van der Waals surface area contributed by atoms with Crippen LogP contribution in [0.15, 0.2) is 24.3 Å². The van der Waals surface area contributed by atoms with Crippen molar-refractivity contribution in [3.63, 3.8) is 0 Å². The van der Waals surface area contributed by atoms with Crippen LogP contribution in [-0.4, -0.2) is 36.7 Å². The molecule has 0 atom stereocenters. The molecule has 0 fully saturated rings. The summed E-state index contributed by atoms with van der Waals surface area (Å²) in [5.74, 6) is -0.767. The SMILES string of the molecule is CCOC(=O)c1ccc(N(CCC(=O)CCl)C(C)=O)cc1.